The fourth-order valence-corrected chi connectivity index (χ4v) is 4.69. The van der Waals surface area contributed by atoms with Crippen molar-refractivity contribution in [3.63, 3.8) is 0 Å². The van der Waals surface area contributed by atoms with E-state index in [9.17, 15) is 16.8 Å². The molecule has 0 amide bonds. The Morgan fingerprint density at radius 3 is 1.13 bits per heavy atom. The van der Waals surface area contributed by atoms with Gasteiger partial charge in [0.15, 0.2) is 0 Å². The van der Waals surface area contributed by atoms with Crippen molar-refractivity contribution < 1.29 is 25.2 Å². The van der Waals surface area contributed by atoms with Crippen LogP contribution in [0.15, 0.2) is 84.9 Å². The topological polar surface area (TPSA) is 86.7 Å². The lowest BCUT2D eigenvalue weighted by Gasteiger charge is -2.08. The van der Waals surface area contributed by atoms with Crippen LogP contribution in [0, 0.1) is 0 Å². The first-order chi connectivity index (χ1) is 14.3. The standard InChI is InChI=1S/C22H22O6S2/c23-29(24,17-21-7-3-1-4-8-21)27-15-19-11-13-20(14-12-19)16-28-30(25,26)18-22-9-5-2-6-10-22/h1-14H,15-18H2. The second-order valence-electron chi connectivity index (χ2n) is 6.72. The van der Waals surface area contributed by atoms with Crippen LogP contribution >= 0.6 is 0 Å². The molecule has 0 heterocycles. The van der Waals surface area contributed by atoms with Crippen LogP contribution in [-0.2, 0) is 53.3 Å². The minimum absolute atomic E-state index is 0.0946. The maximum atomic E-state index is 12.1. The summed E-state index contributed by atoms with van der Waals surface area (Å²) in [7, 11) is -7.41. The van der Waals surface area contributed by atoms with E-state index in [4.69, 9.17) is 8.37 Å². The predicted octanol–water partition coefficient (Wildman–Crippen LogP) is 3.78. The largest absolute Gasteiger partial charge is 0.271 e. The predicted molar refractivity (Wildman–Crippen MR) is 114 cm³/mol. The molecule has 3 aromatic carbocycles. The second kappa shape index (κ2) is 9.99. The molecule has 0 fully saturated rings. The maximum absolute atomic E-state index is 12.1. The van der Waals surface area contributed by atoms with Gasteiger partial charge in [-0.1, -0.05) is 84.9 Å². The highest BCUT2D eigenvalue weighted by Crippen LogP contribution is 2.14. The number of rotatable bonds is 10. The highest BCUT2D eigenvalue weighted by atomic mass is 32.2. The van der Waals surface area contributed by atoms with Crippen molar-refractivity contribution in [1.82, 2.24) is 0 Å². The monoisotopic (exact) mass is 446 g/mol. The molecule has 0 unspecified atom stereocenters. The minimum Gasteiger partial charge on any atom is -0.265 e. The lowest BCUT2D eigenvalue weighted by atomic mass is 10.1. The summed E-state index contributed by atoms with van der Waals surface area (Å²) in [5.74, 6) is -0.391. The van der Waals surface area contributed by atoms with Gasteiger partial charge in [0.2, 0.25) is 0 Å². The molecule has 0 aliphatic carbocycles. The van der Waals surface area contributed by atoms with Crippen LogP contribution in [-0.4, -0.2) is 16.8 Å². The fourth-order valence-electron chi connectivity index (χ4n) is 2.69. The Morgan fingerprint density at radius 2 is 0.800 bits per heavy atom. The summed E-state index contributed by atoms with van der Waals surface area (Å²) in [5.41, 5.74) is 2.62. The summed E-state index contributed by atoms with van der Waals surface area (Å²) in [6.07, 6.45) is 0. The van der Waals surface area contributed by atoms with Gasteiger partial charge in [0.1, 0.15) is 11.5 Å². The van der Waals surface area contributed by atoms with Crippen molar-refractivity contribution in [2.75, 3.05) is 0 Å². The van der Waals surface area contributed by atoms with Gasteiger partial charge in [-0.25, -0.2) is 0 Å². The molecule has 0 aliphatic rings. The Morgan fingerprint density at radius 1 is 0.467 bits per heavy atom. The second-order valence-corrected chi connectivity index (χ2v) is 10.00. The number of benzene rings is 3. The molecule has 0 saturated heterocycles. The van der Waals surface area contributed by atoms with Gasteiger partial charge >= 0.3 is 0 Å². The third kappa shape index (κ3) is 7.38. The Balaban J connectivity index is 1.50. The lowest BCUT2D eigenvalue weighted by molar-refractivity contribution is 0.303. The normalized spacial score (nSPS) is 12.0. The third-order valence-electron chi connectivity index (χ3n) is 4.21. The van der Waals surface area contributed by atoms with Crippen LogP contribution in [0.1, 0.15) is 22.3 Å². The average Bonchev–Trinajstić information content (AvgIpc) is 2.72. The van der Waals surface area contributed by atoms with E-state index in [-0.39, 0.29) is 24.7 Å². The van der Waals surface area contributed by atoms with Crippen molar-refractivity contribution in [1.29, 1.82) is 0 Å². The van der Waals surface area contributed by atoms with E-state index in [1.807, 2.05) is 12.1 Å². The Kier molecular flexibility index (Phi) is 7.38. The molecule has 8 heteroatoms. The van der Waals surface area contributed by atoms with Gasteiger partial charge in [0.25, 0.3) is 20.2 Å². The Hall–Kier alpha value is -2.52. The SMILES string of the molecule is O=S(=O)(Cc1ccccc1)OCc1ccc(COS(=O)(=O)Cc2ccccc2)cc1. The molecular weight excluding hydrogens is 424 g/mol. The number of hydrogen-bond acceptors (Lipinski definition) is 6. The quantitative estimate of drug-likeness (QED) is 0.441. The van der Waals surface area contributed by atoms with E-state index in [2.05, 4.69) is 0 Å². The number of hydrogen-bond donors (Lipinski definition) is 0. The van der Waals surface area contributed by atoms with Gasteiger partial charge in [-0.15, -0.1) is 0 Å². The van der Waals surface area contributed by atoms with Gasteiger partial charge in [0.05, 0.1) is 13.2 Å². The zero-order chi connectivity index (χ0) is 21.5. The Bertz CT molecular complexity index is 1050. The lowest BCUT2D eigenvalue weighted by Crippen LogP contribution is -2.09. The van der Waals surface area contributed by atoms with Gasteiger partial charge < -0.3 is 0 Å². The smallest absolute Gasteiger partial charge is 0.265 e. The zero-order valence-corrected chi connectivity index (χ0v) is 17.8. The first-order valence-corrected chi connectivity index (χ1v) is 12.4. The average molecular weight is 447 g/mol. The summed E-state index contributed by atoms with van der Waals surface area (Å²) in [6, 6.07) is 24.3. The van der Waals surface area contributed by atoms with Crippen LogP contribution in [0.2, 0.25) is 0 Å². The molecule has 158 valence electrons. The summed E-state index contributed by atoms with van der Waals surface area (Å²) < 4.78 is 58.5. The summed E-state index contributed by atoms with van der Waals surface area (Å²) in [4.78, 5) is 0. The van der Waals surface area contributed by atoms with E-state index >= 15 is 0 Å². The van der Waals surface area contributed by atoms with E-state index in [0.29, 0.717) is 22.3 Å². The summed E-state index contributed by atoms with van der Waals surface area (Å²) in [6.45, 7) is -0.189. The van der Waals surface area contributed by atoms with Crippen molar-refractivity contribution in [2.45, 2.75) is 24.7 Å². The molecular formula is C22H22O6S2. The maximum Gasteiger partial charge on any atom is 0.271 e. The first-order valence-electron chi connectivity index (χ1n) is 9.21. The van der Waals surface area contributed by atoms with Gasteiger partial charge in [-0.3, -0.25) is 8.37 Å². The molecule has 0 aliphatic heterocycles. The third-order valence-corrected chi connectivity index (χ3v) is 6.53. The van der Waals surface area contributed by atoms with E-state index in [1.165, 1.54) is 0 Å². The van der Waals surface area contributed by atoms with Crippen LogP contribution in [0.4, 0.5) is 0 Å². The van der Waals surface area contributed by atoms with Crippen molar-refractivity contribution in [2.24, 2.45) is 0 Å². The Labute approximate surface area is 177 Å². The highest BCUT2D eigenvalue weighted by Gasteiger charge is 2.14. The molecule has 0 saturated carbocycles. The van der Waals surface area contributed by atoms with Crippen LogP contribution in [0.25, 0.3) is 0 Å². The van der Waals surface area contributed by atoms with E-state index in [1.54, 1.807) is 72.8 Å². The molecule has 30 heavy (non-hydrogen) atoms. The molecule has 0 N–H and O–H groups in total. The highest BCUT2D eigenvalue weighted by molar-refractivity contribution is 7.86. The van der Waals surface area contributed by atoms with Gasteiger partial charge in [0, 0.05) is 0 Å². The van der Waals surface area contributed by atoms with Crippen LogP contribution in [0.3, 0.4) is 0 Å². The first kappa shape index (κ1) is 22.2. The molecule has 3 aromatic rings. The van der Waals surface area contributed by atoms with Crippen molar-refractivity contribution >= 4 is 20.2 Å². The molecule has 3 rings (SSSR count). The van der Waals surface area contributed by atoms with E-state index < -0.39 is 20.2 Å². The molecule has 6 nitrogen and oxygen atoms in total. The summed E-state index contributed by atoms with van der Waals surface area (Å²) >= 11 is 0. The van der Waals surface area contributed by atoms with E-state index in [0.717, 1.165) is 0 Å². The van der Waals surface area contributed by atoms with Gasteiger partial charge in [-0.05, 0) is 22.3 Å². The van der Waals surface area contributed by atoms with Crippen molar-refractivity contribution in [3.05, 3.63) is 107 Å². The molecule has 0 radical (unpaired) electrons. The van der Waals surface area contributed by atoms with Crippen LogP contribution < -0.4 is 0 Å². The fraction of sp³-hybridized carbons (Fsp3) is 0.182. The molecule has 0 bridgehead atoms. The van der Waals surface area contributed by atoms with Crippen LogP contribution in [0.5, 0.6) is 0 Å². The van der Waals surface area contributed by atoms with Crippen molar-refractivity contribution in [3.8, 4) is 0 Å². The van der Waals surface area contributed by atoms with Gasteiger partial charge in [-0.2, -0.15) is 16.8 Å². The molecule has 0 spiro atoms. The summed E-state index contributed by atoms with van der Waals surface area (Å²) in [5, 5.41) is 0. The minimum atomic E-state index is -3.71. The zero-order valence-electron chi connectivity index (χ0n) is 16.2. The molecule has 0 aromatic heterocycles. The molecule has 0 atom stereocenters.